The van der Waals surface area contributed by atoms with Gasteiger partial charge in [-0.15, -0.1) is 0 Å². The molecule has 1 heterocycles. The van der Waals surface area contributed by atoms with E-state index < -0.39 is 0 Å². The van der Waals surface area contributed by atoms with Gasteiger partial charge in [0.2, 0.25) is 0 Å². The molecule has 4 nitrogen and oxygen atoms in total. The molecule has 0 unspecified atom stereocenters. The molecule has 0 spiro atoms. The van der Waals surface area contributed by atoms with Crippen LogP contribution in [0.2, 0.25) is 0 Å². The lowest BCUT2D eigenvalue weighted by Crippen LogP contribution is -2.45. The average Bonchev–Trinajstić information content (AvgIpc) is 2.33. The summed E-state index contributed by atoms with van der Waals surface area (Å²) >= 11 is 0. The Labute approximate surface area is 103 Å². The predicted molar refractivity (Wildman–Crippen MR) is 70.2 cm³/mol. The van der Waals surface area contributed by atoms with Crippen molar-refractivity contribution in [2.75, 3.05) is 45.5 Å². The third-order valence-corrected chi connectivity index (χ3v) is 3.41. The van der Waals surface area contributed by atoms with Gasteiger partial charge in [0.1, 0.15) is 5.75 Å². The van der Waals surface area contributed by atoms with E-state index in [9.17, 15) is 5.11 Å². The van der Waals surface area contributed by atoms with Crippen molar-refractivity contribution in [3.8, 4) is 5.75 Å². The lowest BCUT2D eigenvalue weighted by molar-refractivity contribution is 0.155. The Morgan fingerprint density at radius 3 is 2.59 bits per heavy atom. The molecule has 3 N–H and O–H groups in total. The second-order valence-electron chi connectivity index (χ2n) is 4.79. The predicted octanol–water partition coefficient (Wildman–Crippen LogP) is 0.764. The molecule has 1 aliphatic heterocycles. The van der Waals surface area contributed by atoms with E-state index in [2.05, 4.69) is 16.8 Å². The van der Waals surface area contributed by atoms with Gasteiger partial charge in [-0.3, -0.25) is 0 Å². The number of hydrogen-bond donors (Lipinski definition) is 2. The van der Waals surface area contributed by atoms with Crippen LogP contribution in [0.15, 0.2) is 18.2 Å². The summed E-state index contributed by atoms with van der Waals surface area (Å²) in [6.07, 6.45) is 0.970. The summed E-state index contributed by atoms with van der Waals surface area (Å²) in [5, 5.41) is 9.53. The number of nitrogen functional groups attached to an aromatic ring is 1. The summed E-state index contributed by atoms with van der Waals surface area (Å²) in [5.41, 5.74) is 7.18. The molecule has 0 aliphatic carbocycles. The van der Waals surface area contributed by atoms with Crippen molar-refractivity contribution in [2.45, 2.75) is 6.42 Å². The lowest BCUT2D eigenvalue weighted by atomic mass is 10.1. The van der Waals surface area contributed by atoms with Crippen molar-refractivity contribution < 1.29 is 5.11 Å². The molecule has 2 rings (SSSR count). The highest BCUT2D eigenvalue weighted by atomic mass is 16.3. The minimum Gasteiger partial charge on any atom is -0.506 e. The second-order valence-corrected chi connectivity index (χ2v) is 4.79. The molecule has 1 aromatic carbocycles. The molecular weight excluding hydrogens is 214 g/mol. The van der Waals surface area contributed by atoms with Crippen LogP contribution in [0.5, 0.6) is 5.75 Å². The highest BCUT2D eigenvalue weighted by Crippen LogP contribution is 2.21. The van der Waals surface area contributed by atoms with E-state index in [0.29, 0.717) is 5.69 Å². The number of phenols is 1. The van der Waals surface area contributed by atoms with Crippen LogP contribution in [0.25, 0.3) is 0 Å². The van der Waals surface area contributed by atoms with Crippen molar-refractivity contribution >= 4 is 5.69 Å². The molecule has 0 radical (unpaired) electrons. The minimum absolute atomic E-state index is 0.195. The van der Waals surface area contributed by atoms with Crippen LogP contribution >= 0.6 is 0 Å². The van der Waals surface area contributed by atoms with Crippen molar-refractivity contribution in [2.24, 2.45) is 0 Å². The first kappa shape index (κ1) is 12.2. The van der Waals surface area contributed by atoms with Gasteiger partial charge in [0.25, 0.3) is 0 Å². The first-order valence-corrected chi connectivity index (χ1v) is 6.13. The molecule has 1 fully saturated rings. The summed E-state index contributed by atoms with van der Waals surface area (Å²) in [6.45, 7) is 5.62. The van der Waals surface area contributed by atoms with Gasteiger partial charge in [0.15, 0.2) is 0 Å². The molecule has 94 valence electrons. The van der Waals surface area contributed by atoms with Crippen LogP contribution < -0.4 is 5.73 Å². The molecule has 17 heavy (non-hydrogen) atoms. The third kappa shape index (κ3) is 3.35. The van der Waals surface area contributed by atoms with Gasteiger partial charge >= 0.3 is 0 Å². The van der Waals surface area contributed by atoms with E-state index in [1.54, 1.807) is 12.1 Å². The Balaban J connectivity index is 1.83. The number of anilines is 1. The fourth-order valence-electron chi connectivity index (χ4n) is 2.10. The van der Waals surface area contributed by atoms with Gasteiger partial charge in [0.05, 0.1) is 5.69 Å². The van der Waals surface area contributed by atoms with Crippen molar-refractivity contribution in [1.29, 1.82) is 0 Å². The highest BCUT2D eigenvalue weighted by Gasteiger charge is 2.13. The van der Waals surface area contributed by atoms with Gasteiger partial charge in [0, 0.05) is 32.7 Å². The molecule has 1 saturated heterocycles. The standard InChI is InChI=1S/C13H21N3O/c1-15-6-8-16(9-7-15)5-4-11-2-3-12(14)13(17)10-11/h2-3,10,17H,4-9,14H2,1H3. The summed E-state index contributed by atoms with van der Waals surface area (Å²) in [5.74, 6) is 0.195. The molecule has 1 aliphatic rings. The number of nitrogens with two attached hydrogens (primary N) is 1. The summed E-state index contributed by atoms with van der Waals surface area (Å²) in [6, 6.07) is 5.53. The van der Waals surface area contributed by atoms with Crippen LogP contribution in [-0.4, -0.2) is 54.7 Å². The van der Waals surface area contributed by atoms with Crippen LogP contribution in [0, 0.1) is 0 Å². The van der Waals surface area contributed by atoms with Crippen molar-refractivity contribution in [3.05, 3.63) is 23.8 Å². The summed E-state index contributed by atoms with van der Waals surface area (Å²) < 4.78 is 0. The zero-order valence-electron chi connectivity index (χ0n) is 10.4. The number of benzene rings is 1. The Kier molecular flexibility index (Phi) is 3.86. The Bertz CT molecular complexity index is 373. The second kappa shape index (κ2) is 5.38. The molecule has 0 aromatic heterocycles. The topological polar surface area (TPSA) is 52.7 Å². The van der Waals surface area contributed by atoms with Crippen LogP contribution in [0.3, 0.4) is 0 Å². The zero-order chi connectivity index (χ0) is 12.3. The van der Waals surface area contributed by atoms with Gasteiger partial charge in [-0.1, -0.05) is 6.07 Å². The fraction of sp³-hybridized carbons (Fsp3) is 0.538. The smallest absolute Gasteiger partial charge is 0.138 e. The van der Waals surface area contributed by atoms with E-state index >= 15 is 0 Å². The Morgan fingerprint density at radius 2 is 1.94 bits per heavy atom. The Morgan fingerprint density at radius 1 is 1.24 bits per heavy atom. The normalized spacial score (nSPS) is 18.4. The molecule has 0 amide bonds. The largest absolute Gasteiger partial charge is 0.506 e. The number of nitrogens with zero attached hydrogens (tertiary/aromatic N) is 2. The van der Waals surface area contributed by atoms with Crippen LogP contribution in [-0.2, 0) is 6.42 Å². The summed E-state index contributed by atoms with van der Waals surface area (Å²) in [4.78, 5) is 4.82. The number of likely N-dealkylation sites (N-methyl/N-ethyl adjacent to an activating group) is 1. The number of phenolic OH excluding ortho intramolecular Hbond substituents is 1. The lowest BCUT2D eigenvalue weighted by Gasteiger charge is -2.32. The molecule has 4 heteroatoms. The van der Waals surface area contributed by atoms with Crippen LogP contribution in [0.1, 0.15) is 5.56 Å². The number of hydrogen-bond acceptors (Lipinski definition) is 4. The maximum atomic E-state index is 9.53. The van der Waals surface area contributed by atoms with Gasteiger partial charge in [-0.25, -0.2) is 0 Å². The Hall–Kier alpha value is -1.26. The van der Waals surface area contributed by atoms with Gasteiger partial charge in [-0.2, -0.15) is 0 Å². The molecule has 0 bridgehead atoms. The van der Waals surface area contributed by atoms with Gasteiger partial charge < -0.3 is 20.6 Å². The molecule has 0 atom stereocenters. The van der Waals surface area contributed by atoms with Crippen molar-refractivity contribution in [3.63, 3.8) is 0 Å². The average molecular weight is 235 g/mol. The van der Waals surface area contributed by atoms with E-state index in [-0.39, 0.29) is 5.75 Å². The number of piperazine rings is 1. The molecule has 0 saturated carbocycles. The maximum absolute atomic E-state index is 9.53. The monoisotopic (exact) mass is 235 g/mol. The SMILES string of the molecule is CN1CCN(CCc2ccc(N)c(O)c2)CC1. The first-order chi connectivity index (χ1) is 8.15. The van der Waals surface area contributed by atoms with E-state index in [4.69, 9.17) is 5.73 Å². The minimum atomic E-state index is 0.195. The third-order valence-electron chi connectivity index (χ3n) is 3.41. The van der Waals surface area contributed by atoms with Crippen molar-refractivity contribution in [1.82, 2.24) is 9.80 Å². The zero-order valence-corrected chi connectivity index (χ0v) is 10.4. The van der Waals surface area contributed by atoms with Crippen LogP contribution in [0.4, 0.5) is 5.69 Å². The number of rotatable bonds is 3. The van der Waals surface area contributed by atoms with Gasteiger partial charge in [-0.05, 0) is 31.2 Å². The van der Waals surface area contributed by atoms with E-state index in [0.717, 1.165) is 44.7 Å². The van der Waals surface area contributed by atoms with E-state index in [1.807, 2.05) is 6.07 Å². The first-order valence-electron chi connectivity index (χ1n) is 6.13. The molecular formula is C13H21N3O. The maximum Gasteiger partial charge on any atom is 0.138 e. The fourth-order valence-corrected chi connectivity index (χ4v) is 2.10. The number of aromatic hydroxyl groups is 1. The summed E-state index contributed by atoms with van der Waals surface area (Å²) in [7, 11) is 2.16. The quantitative estimate of drug-likeness (QED) is 0.600. The molecule has 1 aromatic rings. The van der Waals surface area contributed by atoms with E-state index in [1.165, 1.54) is 0 Å². The highest BCUT2D eigenvalue weighted by molar-refractivity contribution is 5.52.